The van der Waals surface area contributed by atoms with Gasteiger partial charge in [0.1, 0.15) is 5.82 Å². The maximum atomic E-state index is 13.5. The molecule has 3 heteroatoms. The molecule has 104 valence electrons. The lowest BCUT2D eigenvalue weighted by Crippen LogP contribution is -2.05. The van der Waals surface area contributed by atoms with Crippen LogP contribution in [0.1, 0.15) is 44.1 Å². The van der Waals surface area contributed by atoms with Crippen LogP contribution in [0.2, 0.25) is 5.02 Å². The lowest BCUT2D eigenvalue weighted by Gasteiger charge is -2.10. The average molecular weight is 283 g/mol. The molecule has 0 bridgehead atoms. The van der Waals surface area contributed by atoms with Gasteiger partial charge < -0.3 is 5.11 Å². The van der Waals surface area contributed by atoms with Crippen molar-refractivity contribution in [1.29, 1.82) is 0 Å². The lowest BCUT2D eigenvalue weighted by molar-refractivity contribution is 0.201. The van der Waals surface area contributed by atoms with Crippen LogP contribution in [0.3, 0.4) is 0 Å². The van der Waals surface area contributed by atoms with Gasteiger partial charge in [-0.3, -0.25) is 0 Å². The minimum absolute atomic E-state index is 0.316. The molecule has 1 nitrogen and oxygen atoms in total. The molecule has 0 spiro atoms. The zero-order valence-electron chi connectivity index (χ0n) is 11.0. The Balaban J connectivity index is 1.84. The second-order valence-corrected chi connectivity index (χ2v) is 5.76. The Bertz CT molecular complexity index is 438. The summed E-state index contributed by atoms with van der Waals surface area (Å²) in [7, 11) is 0. The lowest BCUT2D eigenvalue weighted by atomic mass is 9.99. The highest BCUT2D eigenvalue weighted by atomic mass is 35.5. The normalized spacial score (nSPS) is 18.3. The summed E-state index contributed by atoms with van der Waals surface area (Å²) in [4.78, 5) is 0. The van der Waals surface area contributed by atoms with Gasteiger partial charge in [-0.15, -0.1) is 0 Å². The smallest absolute Gasteiger partial charge is 0.130 e. The second-order valence-electron chi connectivity index (χ2n) is 5.32. The van der Waals surface area contributed by atoms with Gasteiger partial charge in [-0.05, 0) is 37.0 Å². The van der Waals surface area contributed by atoms with Gasteiger partial charge in [0.25, 0.3) is 0 Å². The summed E-state index contributed by atoms with van der Waals surface area (Å²) in [5.41, 5.74) is 0.424. The molecule has 1 N–H and O–H groups in total. The molecule has 19 heavy (non-hydrogen) atoms. The van der Waals surface area contributed by atoms with Crippen LogP contribution in [0.15, 0.2) is 24.3 Å². The topological polar surface area (TPSA) is 20.2 Å². The van der Waals surface area contributed by atoms with E-state index < -0.39 is 6.10 Å². The third-order valence-corrected chi connectivity index (χ3v) is 4.04. The molecule has 1 aliphatic carbocycles. The molecule has 0 heterocycles. The Labute approximate surface area is 119 Å². The number of rotatable bonds is 5. The van der Waals surface area contributed by atoms with Crippen molar-refractivity contribution in [1.82, 2.24) is 0 Å². The van der Waals surface area contributed by atoms with Crippen LogP contribution in [0.4, 0.5) is 4.39 Å². The highest BCUT2D eigenvalue weighted by Crippen LogP contribution is 2.29. The van der Waals surface area contributed by atoms with E-state index in [1.807, 2.05) is 0 Å². The molecule has 0 aliphatic heterocycles. The highest BCUT2D eigenvalue weighted by molar-refractivity contribution is 6.30. The Hall–Kier alpha value is -0.860. The molecule has 1 fully saturated rings. The monoisotopic (exact) mass is 282 g/mol. The van der Waals surface area contributed by atoms with Gasteiger partial charge in [-0.2, -0.15) is 0 Å². The van der Waals surface area contributed by atoms with Gasteiger partial charge in [0.2, 0.25) is 0 Å². The number of aliphatic hydroxyl groups excluding tert-OH is 1. The highest BCUT2D eigenvalue weighted by Gasteiger charge is 2.15. The minimum Gasteiger partial charge on any atom is -0.389 e. The first-order valence-corrected chi connectivity index (χ1v) is 7.34. The van der Waals surface area contributed by atoms with Crippen molar-refractivity contribution in [2.24, 2.45) is 5.92 Å². The molecule has 1 aromatic carbocycles. The summed E-state index contributed by atoms with van der Waals surface area (Å²) in [5, 5.41) is 10.4. The van der Waals surface area contributed by atoms with Gasteiger partial charge in [0, 0.05) is 10.6 Å². The number of benzene rings is 1. The molecule has 1 unspecified atom stereocenters. The van der Waals surface area contributed by atoms with Crippen molar-refractivity contribution < 1.29 is 9.50 Å². The van der Waals surface area contributed by atoms with E-state index in [1.165, 1.54) is 37.8 Å². The van der Waals surface area contributed by atoms with Crippen LogP contribution < -0.4 is 0 Å². The molecule has 0 aromatic heterocycles. The van der Waals surface area contributed by atoms with E-state index in [9.17, 15) is 9.50 Å². The van der Waals surface area contributed by atoms with Gasteiger partial charge >= 0.3 is 0 Å². The molecular formula is C16H20ClFO. The van der Waals surface area contributed by atoms with Crippen LogP contribution >= 0.6 is 11.6 Å². The molecule has 2 rings (SSSR count). The molecule has 1 saturated carbocycles. The van der Waals surface area contributed by atoms with E-state index in [2.05, 4.69) is 0 Å². The summed E-state index contributed by atoms with van der Waals surface area (Å²) in [6.45, 7) is 0. The largest absolute Gasteiger partial charge is 0.389 e. The summed E-state index contributed by atoms with van der Waals surface area (Å²) in [6.07, 6.45) is 9.81. The quantitative estimate of drug-likeness (QED) is 0.820. The Morgan fingerprint density at radius 1 is 1.37 bits per heavy atom. The molecule has 0 saturated heterocycles. The first kappa shape index (κ1) is 14.5. The van der Waals surface area contributed by atoms with E-state index in [-0.39, 0.29) is 5.82 Å². The Morgan fingerprint density at radius 2 is 2.11 bits per heavy atom. The first-order chi connectivity index (χ1) is 9.15. The Morgan fingerprint density at radius 3 is 2.84 bits per heavy atom. The minimum atomic E-state index is -0.501. The second kappa shape index (κ2) is 7.06. The molecule has 0 amide bonds. The third-order valence-electron chi connectivity index (χ3n) is 3.80. The van der Waals surface area contributed by atoms with Crippen molar-refractivity contribution in [3.63, 3.8) is 0 Å². The van der Waals surface area contributed by atoms with Gasteiger partial charge in [-0.1, -0.05) is 49.4 Å². The van der Waals surface area contributed by atoms with Crippen LogP contribution in [0.5, 0.6) is 0 Å². The van der Waals surface area contributed by atoms with E-state index in [1.54, 1.807) is 18.2 Å². The maximum absolute atomic E-state index is 13.5. The number of halogens is 2. The summed E-state index contributed by atoms with van der Waals surface area (Å²) in [5.74, 6) is 0.453. The first-order valence-electron chi connectivity index (χ1n) is 6.96. The fourth-order valence-corrected chi connectivity index (χ4v) is 2.84. The van der Waals surface area contributed by atoms with E-state index >= 15 is 0 Å². The van der Waals surface area contributed by atoms with Crippen LogP contribution in [0.25, 0.3) is 6.08 Å². The Kier molecular flexibility index (Phi) is 5.41. The fraction of sp³-hybridized carbons (Fsp3) is 0.500. The summed E-state index contributed by atoms with van der Waals surface area (Å²) < 4.78 is 13.5. The molecule has 1 aromatic rings. The SMILES string of the molecule is OC(/C=C/c1cc(Cl)ccc1F)CCC1CCCC1. The van der Waals surface area contributed by atoms with E-state index in [0.29, 0.717) is 10.6 Å². The van der Waals surface area contributed by atoms with Crippen molar-refractivity contribution in [2.45, 2.75) is 44.6 Å². The number of aliphatic hydroxyl groups is 1. The van der Waals surface area contributed by atoms with Crippen molar-refractivity contribution in [2.75, 3.05) is 0 Å². The van der Waals surface area contributed by atoms with E-state index in [4.69, 9.17) is 11.6 Å². The van der Waals surface area contributed by atoms with E-state index in [0.717, 1.165) is 18.8 Å². The van der Waals surface area contributed by atoms with Crippen LogP contribution in [-0.2, 0) is 0 Å². The predicted octanol–water partition coefficient (Wildman–Crippen LogP) is 4.82. The van der Waals surface area contributed by atoms with Gasteiger partial charge in [0.15, 0.2) is 0 Å². The van der Waals surface area contributed by atoms with Gasteiger partial charge in [0.05, 0.1) is 6.10 Å². The number of hydrogen-bond acceptors (Lipinski definition) is 1. The average Bonchev–Trinajstić information content (AvgIpc) is 2.90. The third kappa shape index (κ3) is 4.63. The number of hydrogen-bond donors (Lipinski definition) is 1. The van der Waals surface area contributed by atoms with Crippen LogP contribution in [0, 0.1) is 11.7 Å². The van der Waals surface area contributed by atoms with Crippen molar-refractivity contribution >= 4 is 17.7 Å². The van der Waals surface area contributed by atoms with Crippen LogP contribution in [-0.4, -0.2) is 11.2 Å². The van der Waals surface area contributed by atoms with Gasteiger partial charge in [-0.25, -0.2) is 4.39 Å². The zero-order chi connectivity index (χ0) is 13.7. The molecule has 1 atom stereocenters. The zero-order valence-corrected chi connectivity index (χ0v) is 11.7. The molecule has 0 radical (unpaired) electrons. The van der Waals surface area contributed by atoms with Crippen molar-refractivity contribution in [3.8, 4) is 0 Å². The van der Waals surface area contributed by atoms with Crippen molar-refractivity contribution in [3.05, 3.63) is 40.7 Å². The maximum Gasteiger partial charge on any atom is 0.130 e. The predicted molar refractivity (Wildman–Crippen MR) is 77.6 cm³/mol. The standard InChI is InChI=1S/C16H20ClFO/c17-14-7-10-16(18)13(11-14)6-9-15(19)8-5-12-3-1-2-4-12/h6-7,9-12,15,19H,1-5,8H2/b9-6+. The molecule has 1 aliphatic rings. The summed E-state index contributed by atoms with van der Waals surface area (Å²) in [6, 6.07) is 4.43. The summed E-state index contributed by atoms with van der Waals surface area (Å²) >= 11 is 5.82. The fourth-order valence-electron chi connectivity index (χ4n) is 2.66. The molecular weight excluding hydrogens is 263 g/mol.